The van der Waals surface area contributed by atoms with Crippen molar-refractivity contribution in [3.63, 3.8) is 0 Å². The van der Waals surface area contributed by atoms with Crippen molar-refractivity contribution in [2.45, 2.75) is 24.9 Å². The van der Waals surface area contributed by atoms with E-state index in [0.29, 0.717) is 37.2 Å². The number of likely N-dealkylation sites (tertiary alicyclic amines) is 1. The molecule has 2 aromatic carbocycles. The number of hydrogen-bond acceptors (Lipinski definition) is 4. The maximum Gasteiger partial charge on any atom is 0.273 e. The smallest absolute Gasteiger partial charge is 0.273 e. The molecule has 0 radical (unpaired) electrons. The minimum atomic E-state index is -0.734. The zero-order valence-electron chi connectivity index (χ0n) is 15.2. The maximum absolute atomic E-state index is 14.0. The monoisotopic (exact) mass is 381 g/mol. The van der Waals surface area contributed by atoms with Crippen molar-refractivity contribution in [1.29, 1.82) is 0 Å². The molecule has 28 heavy (non-hydrogen) atoms. The fourth-order valence-corrected chi connectivity index (χ4v) is 3.66. The average molecular weight is 381 g/mol. The molecule has 1 saturated heterocycles. The molecule has 1 atom stereocenters. The lowest BCUT2D eigenvalue weighted by molar-refractivity contribution is -0.110. The summed E-state index contributed by atoms with van der Waals surface area (Å²) in [6.07, 6.45) is 1.69. The van der Waals surface area contributed by atoms with Crippen molar-refractivity contribution in [3.05, 3.63) is 66.0 Å². The van der Waals surface area contributed by atoms with E-state index in [1.54, 1.807) is 29.2 Å². The van der Waals surface area contributed by atoms with Crippen LogP contribution in [-0.2, 0) is 9.63 Å². The van der Waals surface area contributed by atoms with E-state index in [-0.39, 0.29) is 23.9 Å². The van der Waals surface area contributed by atoms with Crippen LogP contribution in [0.15, 0.2) is 59.8 Å². The Labute approximate surface area is 162 Å². The Bertz CT molecular complexity index is 932. The molecule has 2 amide bonds. The van der Waals surface area contributed by atoms with Gasteiger partial charge in [0.1, 0.15) is 11.5 Å². The molecule has 1 N–H and O–H groups in total. The van der Waals surface area contributed by atoms with Crippen LogP contribution >= 0.6 is 0 Å². The third-order valence-electron chi connectivity index (χ3n) is 5.06. The van der Waals surface area contributed by atoms with Crippen molar-refractivity contribution in [2.24, 2.45) is 5.16 Å². The zero-order valence-corrected chi connectivity index (χ0v) is 15.2. The third-order valence-corrected chi connectivity index (χ3v) is 5.06. The number of hydrogen-bond donors (Lipinski definition) is 1. The van der Waals surface area contributed by atoms with E-state index in [1.807, 2.05) is 18.2 Å². The van der Waals surface area contributed by atoms with Gasteiger partial charge in [0.15, 0.2) is 5.60 Å². The predicted molar refractivity (Wildman–Crippen MR) is 102 cm³/mol. The summed E-state index contributed by atoms with van der Waals surface area (Å²) in [4.78, 5) is 32.4. The number of carbonyl (C=O) groups excluding carboxylic acids is 2. The van der Waals surface area contributed by atoms with Gasteiger partial charge in [0.2, 0.25) is 0 Å². The van der Waals surface area contributed by atoms with Crippen LogP contribution in [0.1, 0.15) is 29.6 Å². The fourth-order valence-electron chi connectivity index (χ4n) is 3.66. The number of nitrogens with zero attached hydrogens (tertiary/aromatic N) is 2. The predicted octanol–water partition coefficient (Wildman–Crippen LogP) is 3.22. The molecule has 1 unspecified atom stereocenters. The molecule has 144 valence electrons. The Kier molecular flexibility index (Phi) is 4.81. The summed E-state index contributed by atoms with van der Waals surface area (Å²) >= 11 is 0. The molecule has 2 aromatic rings. The largest absolute Gasteiger partial charge is 0.386 e. The number of carbonyl (C=O) groups is 2. The highest BCUT2D eigenvalue weighted by molar-refractivity contribution is 6.43. The number of nitrogens with one attached hydrogen (secondary N) is 1. The lowest BCUT2D eigenvalue weighted by Crippen LogP contribution is -2.51. The Morgan fingerprint density at radius 2 is 1.86 bits per heavy atom. The number of para-hydroxylation sites is 1. The summed E-state index contributed by atoms with van der Waals surface area (Å²) < 4.78 is 14.0. The molecule has 0 aromatic heterocycles. The molecule has 1 fully saturated rings. The SMILES string of the molecule is O=C(Nc1ccccc1)C1=NOC2(CCCN(C(=O)c3ccccc3F)C2)C1. The summed E-state index contributed by atoms with van der Waals surface area (Å²) in [7, 11) is 0. The van der Waals surface area contributed by atoms with Crippen LogP contribution in [0.3, 0.4) is 0 Å². The topological polar surface area (TPSA) is 71.0 Å². The van der Waals surface area contributed by atoms with Crippen LogP contribution < -0.4 is 5.32 Å². The van der Waals surface area contributed by atoms with Crippen LogP contribution in [0, 0.1) is 5.82 Å². The zero-order chi connectivity index (χ0) is 19.6. The minimum absolute atomic E-state index is 0.0421. The molecule has 0 aliphatic carbocycles. The fraction of sp³-hybridized carbons (Fsp3) is 0.286. The first-order valence-electron chi connectivity index (χ1n) is 9.22. The third kappa shape index (κ3) is 3.60. The summed E-state index contributed by atoms with van der Waals surface area (Å²) in [5.74, 6) is -1.23. The van der Waals surface area contributed by atoms with Gasteiger partial charge in [-0.3, -0.25) is 9.59 Å². The Balaban J connectivity index is 1.43. The van der Waals surface area contributed by atoms with Gasteiger partial charge in [-0.15, -0.1) is 0 Å². The number of rotatable bonds is 3. The first-order chi connectivity index (χ1) is 13.6. The van der Waals surface area contributed by atoms with Crippen LogP contribution in [0.25, 0.3) is 0 Å². The molecular formula is C21H20FN3O3. The highest BCUT2D eigenvalue weighted by Gasteiger charge is 2.45. The van der Waals surface area contributed by atoms with Gasteiger partial charge < -0.3 is 15.1 Å². The normalized spacial score (nSPS) is 21.2. The molecule has 2 aliphatic heterocycles. The van der Waals surface area contributed by atoms with Crippen molar-refractivity contribution in [1.82, 2.24) is 4.90 Å². The van der Waals surface area contributed by atoms with E-state index in [4.69, 9.17) is 4.84 Å². The van der Waals surface area contributed by atoms with Gasteiger partial charge in [-0.2, -0.15) is 0 Å². The number of oxime groups is 1. The lowest BCUT2D eigenvalue weighted by atomic mass is 9.87. The lowest BCUT2D eigenvalue weighted by Gasteiger charge is -2.38. The molecule has 7 heteroatoms. The molecule has 6 nitrogen and oxygen atoms in total. The average Bonchev–Trinajstić information content (AvgIpc) is 3.12. The van der Waals surface area contributed by atoms with E-state index in [2.05, 4.69) is 10.5 Å². The number of benzene rings is 2. The summed E-state index contributed by atoms with van der Waals surface area (Å²) in [5, 5.41) is 6.78. The summed E-state index contributed by atoms with van der Waals surface area (Å²) in [5.41, 5.74) is 0.281. The molecule has 2 aliphatic rings. The van der Waals surface area contributed by atoms with E-state index in [9.17, 15) is 14.0 Å². The van der Waals surface area contributed by atoms with Crippen LogP contribution in [-0.4, -0.2) is 41.1 Å². The first kappa shape index (κ1) is 18.2. The van der Waals surface area contributed by atoms with Crippen LogP contribution in [0.4, 0.5) is 10.1 Å². The van der Waals surface area contributed by atoms with Gasteiger partial charge in [0, 0.05) is 18.7 Å². The standard InChI is InChI=1S/C21H20FN3O3/c22-17-10-5-4-9-16(17)20(27)25-12-6-11-21(14-25)13-18(24-28-21)19(26)23-15-7-2-1-3-8-15/h1-5,7-10H,6,11-14H2,(H,23,26). The summed E-state index contributed by atoms with van der Waals surface area (Å²) in [6.45, 7) is 0.787. The van der Waals surface area contributed by atoms with E-state index in [0.717, 1.165) is 0 Å². The van der Waals surface area contributed by atoms with Gasteiger partial charge in [-0.05, 0) is 37.1 Å². The van der Waals surface area contributed by atoms with Crippen molar-refractivity contribution < 1.29 is 18.8 Å². The minimum Gasteiger partial charge on any atom is -0.386 e. The number of anilines is 1. The highest BCUT2D eigenvalue weighted by atomic mass is 19.1. The molecule has 0 bridgehead atoms. The van der Waals surface area contributed by atoms with Gasteiger partial charge in [0.25, 0.3) is 11.8 Å². The molecule has 0 saturated carbocycles. The molecule has 1 spiro atoms. The van der Waals surface area contributed by atoms with E-state index in [1.165, 1.54) is 12.1 Å². The number of piperidine rings is 1. The number of amides is 2. The first-order valence-corrected chi connectivity index (χ1v) is 9.22. The van der Waals surface area contributed by atoms with Crippen molar-refractivity contribution in [2.75, 3.05) is 18.4 Å². The van der Waals surface area contributed by atoms with Gasteiger partial charge in [-0.25, -0.2) is 4.39 Å². The van der Waals surface area contributed by atoms with Crippen LogP contribution in [0.2, 0.25) is 0 Å². The van der Waals surface area contributed by atoms with Gasteiger partial charge in [0.05, 0.1) is 12.1 Å². The van der Waals surface area contributed by atoms with E-state index < -0.39 is 11.4 Å². The van der Waals surface area contributed by atoms with Gasteiger partial charge in [-0.1, -0.05) is 35.5 Å². The molecule has 2 heterocycles. The van der Waals surface area contributed by atoms with Crippen LogP contribution in [0.5, 0.6) is 0 Å². The Morgan fingerprint density at radius 3 is 2.64 bits per heavy atom. The second kappa shape index (κ2) is 7.42. The maximum atomic E-state index is 14.0. The molecule has 4 rings (SSSR count). The van der Waals surface area contributed by atoms with Crippen molar-refractivity contribution >= 4 is 23.2 Å². The van der Waals surface area contributed by atoms with Crippen molar-refractivity contribution in [3.8, 4) is 0 Å². The second-order valence-corrected chi connectivity index (χ2v) is 7.12. The van der Waals surface area contributed by atoms with Gasteiger partial charge >= 0.3 is 0 Å². The van der Waals surface area contributed by atoms with E-state index >= 15 is 0 Å². The quantitative estimate of drug-likeness (QED) is 0.887. The summed E-state index contributed by atoms with van der Waals surface area (Å²) in [6, 6.07) is 15.0. The highest BCUT2D eigenvalue weighted by Crippen LogP contribution is 2.34. The molecular weight excluding hydrogens is 361 g/mol. The Morgan fingerprint density at radius 1 is 1.11 bits per heavy atom. The number of halogens is 1. The Hall–Kier alpha value is -3.22. The second-order valence-electron chi connectivity index (χ2n) is 7.12.